The Labute approximate surface area is 158 Å². The predicted molar refractivity (Wildman–Crippen MR) is 108 cm³/mol. The third-order valence-electron chi connectivity index (χ3n) is 3.45. The summed E-state index contributed by atoms with van der Waals surface area (Å²) in [4.78, 5) is 0. The van der Waals surface area contributed by atoms with Gasteiger partial charge in [-0.15, -0.1) is 0 Å². The van der Waals surface area contributed by atoms with Gasteiger partial charge in [0.25, 0.3) is 0 Å². The van der Waals surface area contributed by atoms with Crippen molar-refractivity contribution in [3.63, 3.8) is 0 Å². The highest BCUT2D eigenvalue weighted by atomic mass is 35.5. The van der Waals surface area contributed by atoms with Gasteiger partial charge in [0.1, 0.15) is 0 Å². The molecule has 1 aromatic rings. The van der Waals surface area contributed by atoms with E-state index in [1.807, 2.05) is 12.1 Å². The summed E-state index contributed by atoms with van der Waals surface area (Å²) in [5, 5.41) is 0.629. The molecule has 0 aliphatic rings. The Hall–Kier alpha value is -0.163. The van der Waals surface area contributed by atoms with E-state index >= 15 is 0 Å². The molecule has 7 heteroatoms. The highest BCUT2D eigenvalue weighted by molar-refractivity contribution is 7.54. The maximum atomic E-state index is 13.6. The second-order valence-corrected chi connectivity index (χ2v) is 14.0. The molecule has 0 heterocycles. The summed E-state index contributed by atoms with van der Waals surface area (Å²) in [6.45, 7) is 11.1. The van der Waals surface area contributed by atoms with E-state index in [9.17, 15) is 4.57 Å². The van der Waals surface area contributed by atoms with Gasteiger partial charge in [0, 0.05) is 5.02 Å². The third-order valence-corrected chi connectivity index (χ3v) is 6.90. The second-order valence-electron chi connectivity index (χ2n) is 7.05. The maximum Gasteiger partial charge on any atom is 0.362 e. The summed E-state index contributed by atoms with van der Waals surface area (Å²) in [5.41, 5.74) is 0.781. The van der Waals surface area contributed by atoms with Gasteiger partial charge in [0.15, 0.2) is 14.2 Å². The Balaban J connectivity index is 3.15. The van der Waals surface area contributed by atoms with Crippen LogP contribution in [0.5, 0.6) is 0 Å². The Bertz CT molecular complexity index is 531. The second kappa shape index (κ2) is 10.9. The fraction of sp³-hybridized carbons (Fsp3) is 0.667. The van der Waals surface area contributed by atoms with Crippen molar-refractivity contribution in [2.75, 3.05) is 13.2 Å². The molecular weight excluding hydrogens is 375 g/mol. The summed E-state index contributed by atoms with van der Waals surface area (Å²) in [5.74, 6) is -0.717. The van der Waals surface area contributed by atoms with Crippen molar-refractivity contribution in [3.8, 4) is 0 Å². The Morgan fingerprint density at radius 2 is 1.48 bits per heavy atom. The molecule has 144 valence electrons. The molecule has 4 nitrogen and oxygen atoms in total. The lowest BCUT2D eigenvalue weighted by Gasteiger charge is -2.32. The Kier molecular flexibility index (Phi) is 9.94. The van der Waals surface area contributed by atoms with Crippen LogP contribution in [0.15, 0.2) is 24.3 Å². The molecule has 0 N–H and O–H groups in total. The first-order chi connectivity index (χ1) is 11.7. The summed E-state index contributed by atoms with van der Waals surface area (Å²) in [6.07, 6.45) is 3.60. The van der Waals surface area contributed by atoms with E-state index < -0.39 is 21.8 Å². The van der Waals surface area contributed by atoms with Gasteiger partial charge in [-0.05, 0) is 50.2 Å². The van der Waals surface area contributed by atoms with Crippen LogP contribution >= 0.6 is 19.2 Å². The fourth-order valence-electron chi connectivity index (χ4n) is 2.12. The predicted octanol–water partition coefficient (Wildman–Crippen LogP) is 7.02. The molecule has 0 bridgehead atoms. The van der Waals surface area contributed by atoms with E-state index in [0.29, 0.717) is 18.2 Å². The molecule has 1 atom stereocenters. The number of unbranched alkanes of at least 4 members (excludes halogenated alkanes) is 2. The van der Waals surface area contributed by atoms with Crippen molar-refractivity contribution in [3.05, 3.63) is 34.9 Å². The lowest BCUT2D eigenvalue weighted by atomic mass is 10.2. The van der Waals surface area contributed by atoms with Crippen LogP contribution in [0.1, 0.15) is 50.9 Å². The van der Waals surface area contributed by atoms with Gasteiger partial charge in [0.05, 0.1) is 13.2 Å². The lowest BCUT2D eigenvalue weighted by Crippen LogP contribution is -2.29. The van der Waals surface area contributed by atoms with Crippen molar-refractivity contribution in [2.45, 2.75) is 65.0 Å². The average Bonchev–Trinajstić information content (AvgIpc) is 2.53. The van der Waals surface area contributed by atoms with Crippen LogP contribution in [0.25, 0.3) is 0 Å². The van der Waals surface area contributed by atoms with Crippen LogP contribution in [0, 0.1) is 0 Å². The van der Waals surface area contributed by atoms with Crippen LogP contribution in [-0.4, -0.2) is 21.5 Å². The summed E-state index contributed by atoms with van der Waals surface area (Å²) in [7, 11) is -5.44. The maximum absolute atomic E-state index is 13.6. The van der Waals surface area contributed by atoms with Gasteiger partial charge in [-0.3, -0.25) is 4.57 Å². The van der Waals surface area contributed by atoms with E-state index in [-0.39, 0.29) is 0 Å². The molecule has 1 aromatic carbocycles. The molecule has 0 radical (unpaired) electrons. The lowest BCUT2D eigenvalue weighted by molar-refractivity contribution is 0.147. The largest absolute Gasteiger partial charge is 0.400 e. The number of hydrogen-bond acceptors (Lipinski definition) is 4. The molecule has 0 unspecified atom stereocenters. The average molecular weight is 407 g/mol. The summed E-state index contributed by atoms with van der Waals surface area (Å²) >= 11 is 6.00. The molecule has 0 aliphatic carbocycles. The number of rotatable bonds is 12. The molecule has 0 aromatic heterocycles. The minimum atomic E-state index is -3.45. The summed E-state index contributed by atoms with van der Waals surface area (Å²) in [6, 6.07) is 7.23. The zero-order valence-corrected chi connectivity index (χ0v) is 18.7. The molecule has 0 spiro atoms. The Morgan fingerprint density at radius 3 is 1.88 bits per heavy atom. The molecule has 0 saturated carbocycles. The normalized spacial score (nSPS) is 13.8. The minimum absolute atomic E-state index is 0.402. The molecule has 25 heavy (non-hydrogen) atoms. The molecule has 1 rings (SSSR count). The summed E-state index contributed by atoms with van der Waals surface area (Å²) < 4.78 is 31.5. The van der Waals surface area contributed by atoms with Crippen molar-refractivity contribution in [2.24, 2.45) is 0 Å². The topological polar surface area (TPSA) is 44.8 Å². The standard InChI is InChI=1S/C18H32ClO4PSi/c1-6-8-14-21-24(20,22-15-9-7-2)18(23-25(3,4)5)16-10-12-17(19)13-11-16/h10-13,18H,6-9,14-15H2,1-5H3/t18-/m0/s1. The van der Waals surface area contributed by atoms with Crippen molar-refractivity contribution < 1.29 is 18.0 Å². The first-order valence-corrected chi connectivity index (χ1v) is 14.4. The van der Waals surface area contributed by atoms with E-state index in [2.05, 4.69) is 33.5 Å². The van der Waals surface area contributed by atoms with Crippen LogP contribution in [0.3, 0.4) is 0 Å². The quantitative estimate of drug-likeness (QED) is 0.212. The first kappa shape index (κ1) is 22.9. The van der Waals surface area contributed by atoms with Gasteiger partial charge in [-0.25, -0.2) is 0 Å². The van der Waals surface area contributed by atoms with Gasteiger partial charge < -0.3 is 13.5 Å². The third kappa shape index (κ3) is 8.38. The SMILES string of the molecule is CCCCOP(=O)(OCCCC)[C@H](O[Si](C)(C)C)c1ccc(Cl)cc1. The van der Waals surface area contributed by atoms with Gasteiger partial charge >= 0.3 is 7.60 Å². The van der Waals surface area contributed by atoms with Crippen LogP contribution < -0.4 is 0 Å². The molecule has 0 amide bonds. The zero-order chi connectivity index (χ0) is 18.9. The fourth-order valence-corrected chi connectivity index (χ4v) is 6.17. The number of benzene rings is 1. The van der Waals surface area contributed by atoms with Crippen LogP contribution in [0.2, 0.25) is 24.7 Å². The van der Waals surface area contributed by atoms with Crippen molar-refractivity contribution in [1.82, 2.24) is 0 Å². The van der Waals surface area contributed by atoms with Gasteiger partial charge in [-0.1, -0.05) is 50.4 Å². The molecular formula is C18H32ClO4PSi. The van der Waals surface area contributed by atoms with Crippen molar-refractivity contribution in [1.29, 1.82) is 0 Å². The van der Waals surface area contributed by atoms with Crippen LogP contribution in [0.4, 0.5) is 0 Å². The smallest absolute Gasteiger partial charge is 0.362 e. The van der Waals surface area contributed by atoms with Gasteiger partial charge in [0.2, 0.25) is 0 Å². The van der Waals surface area contributed by atoms with Crippen molar-refractivity contribution >= 4 is 27.5 Å². The van der Waals surface area contributed by atoms with Crippen LogP contribution in [-0.2, 0) is 18.0 Å². The highest BCUT2D eigenvalue weighted by Crippen LogP contribution is 2.62. The molecule has 0 saturated heterocycles. The zero-order valence-electron chi connectivity index (χ0n) is 16.1. The molecule has 0 aliphatic heterocycles. The monoisotopic (exact) mass is 406 g/mol. The van der Waals surface area contributed by atoms with E-state index in [1.54, 1.807) is 12.1 Å². The number of hydrogen-bond donors (Lipinski definition) is 0. The first-order valence-electron chi connectivity index (χ1n) is 9.04. The van der Waals surface area contributed by atoms with Gasteiger partial charge in [-0.2, -0.15) is 0 Å². The Morgan fingerprint density at radius 1 is 1.00 bits per heavy atom. The highest BCUT2D eigenvalue weighted by Gasteiger charge is 2.41. The number of halogens is 1. The minimum Gasteiger partial charge on any atom is -0.400 e. The van der Waals surface area contributed by atoms with E-state index in [0.717, 1.165) is 31.2 Å². The molecule has 0 fully saturated rings. The van der Waals surface area contributed by atoms with E-state index in [1.165, 1.54) is 0 Å². The van der Waals surface area contributed by atoms with E-state index in [4.69, 9.17) is 25.1 Å².